The molecule has 3 nitrogen and oxygen atoms in total. The number of nitrogens with two attached hydrogens (primary N) is 1. The zero-order chi connectivity index (χ0) is 12.6. The second-order valence-corrected chi connectivity index (χ2v) is 4.91. The third-order valence-corrected chi connectivity index (χ3v) is 3.82. The Labute approximate surface area is 103 Å². The van der Waals surface area contributed by atoms with Crippen molar-refractivity contribution in [2.75, 3.05) is 5.73 Å². The highest BCUT2D eigenvalue weighted by Gasteiger charge is 2.18. The van der Waals surface area contributed by atoms with Gasteiger partial charge < -0.3 is 10.3 Å². The molecule has 0 saturated carbocycles. The smallest absolute Gasteiger partial charge is 0.201 e. The number of nitrogens with zero attached hydrogens (tertiary/aromatic N) is 2. The number of fused-ring (bicyclic) bond motifs is 1. The summed E-state index contributed by atoms with van der Waals surface area (Å²) in [5, 5.41) is 0. The molecule has 0 aliphatic rings. The number of benzene rings is 1. The molecular formula is C14H21N3. The second-order valence-electron chi connectivity index (χ2n) is 4.91. The van der Waals surface area contributed by atoms with Crippen LogP contribution in [0.1, 0.15) is 38.8 Å². The van der Waals surface area contributed by atoms with Crippen molar-refractivity contribution in [3.8, 4) is 0 Å². The Morgan fingerprint density at radius 1 is 1.35 bits per heavy atom. The Morgan fingerprint density at radius 2 is 2.06 bits per heavy atom. The lowest BCUT2D eigenvalue weighted by Gasteiger charge is -2.21. The van der Waals surface area contributed by atoms with E-state index in [0.29, 0.717) is 17.9 Å². The van der Waals surface area contributed by atoms with Gasteiger partial charge in [-0.25, -0.2) is 4.98 Å². The molecule has 2 unspecified atom stereocenters. The Bertz CT molecular complexity index is 527. The maximum absolute atomic E-state index is 6.07. The Balaban J connectivity index is 2.61. The molecule has 0 spiro atoms. The molecule has 17 heavy (non-hydrogen) atoms. The van der Waals surface area contributed by atoms with Crippen LogP contribution >= 0.6 is 0 Å². The van der Waals surface area contributed by atoms with Gasteiger partial charge in [-0.1, -0.05) is 32.4 Å². The first-order valence-corrected chi connectivity index (χ1v) is 6.29. The summed E-state index contributed by atoms with van der Waals surface area (Å²) in [4.78, 5) is 4.49. The minimum Gasteiger partial charge on any atom is -0.369 e. The summed E-state index contributed by atoms with van der Waals surface area (Å²) in [5.74, 6) is 1.22. The molecule has 2 N–H and O–H groups in total. The van der Waals surface area contributed by atoms with E-state index in [1.807, 2.05) is 0 Å². The van der Waals surface area contributed by atoms with Gasteiger partial charge in [-0.2, -0.15) is 0 Å². The van der Waals surface area contributed by atoms with Gasteiger partial charge in [0.1, 0.15) is 0 Å². The molecule has 1 aromatic heterocycles. The zero-order valence-corrected chi connectivity index (χ0v) is 11.1. The Morgan fingerprint density at radius 3 is 2.71 bits per heavy atom. The van der Waals surface area contributed by atoms with E-state index in [9.17, 15) is 0 Å². The number of rotatable bonds is 3. The highest BCUT2D eigenvalue weighted by molar-refractivity contribution is 5.81. The fourth-order valence-electron chi connectivity index (χ4n) is 2.30. The number of hydrogen-bond acceptors (Lipinski definition) is 2. The summed E-state index contributed by atoms with van der Waals surface area (Å²) in [7, 11) is 0. The van der Waals surface area contributed by atoms with E-state index in [2.05, 4.69) is 55.4 Å². The maximum atomic E-state index is 6.07. The standard InChI is InChI=1S/C14H21N3/c1-5-9(2)11(4)17-12-8-6-7-10(3)13(12)16-14(17)15/h6-9,11H,5H2,1-4H3,(H2,15,16). The first-order chi connectivity index (χ1) is 8.06. The minimum atomic E-state index is 0.381. The molecule has 1 aromatic carbocycles. The third kappa shape index (κ3) is 1.90. The first-order valence-electron chi connectivity index (χ1n) is 6.29. The molecule has 0 aliphatic heterocycles. The summed E-state index contributed by atoms with van der Waals surface area (Å²) in [6.45, 7) is 8.76. The van der Waals surface area contributed by atoms with Crippen molar-refractivity contribution in [1.29, 1.82) is 0 Å². The maximum Gasteiger partial charge on any atom is 0.201 e. The van der Waals surface area contributed by atoms with Gasteiger partial charge in [-0.05, 0) is 31.4 Å². The Kier molecular flexibility index (Phi) is 3.09. The number of nitrogen functional groups attached to an aromatic ring is 1. The quantitative estimate of drug-likeness (QED) is 0.878. The second kappa shape index (κ2) is 4.40. The normalized spacial score (nSPS) is 15.1. The van der Waals surface area contributed by atoms with Crippen LogP contribution in [0.15, 0.2) is 18.2 Å². The van der Waals surface area contributed by atoms with Crippen LogP contribution in [-0.2, 0) is 0 Å². The molecule has 2 rings (SSSR count). The van der Waals surface area contributed by atoms with E-state index in [4.69, 9.17) is 5.73 Å². The van der Waals surface area contributed by atoms with Gasteiger partial charge in [-0.15, -0.1) is 0 Å². The van der Waals surface area contributed by atoms with Crippen molar-refractivity contribution >= 4 is 17.0 Å². The van der Waals surface area contributed by atoms with Gasteiger partial charge in [-0.3, -0.25) is 0 Å². The van der Waals surface area contributed by atoms with Gasteiger partial charge in [0.05, 0.1) is 11.0 Å². The SMILES string of the molecule is CCC(C)C(C)n1c(N)nc2c(C)cccc21. The molecule has 0 saturated heterocycles. The van der Waals surface area contributed by atoms with Crippen LogP contribution in [0, 0.1) is 12.8 Å². The Hall–Kier alpha value is -1.51. The average Bonchev–Trinajstić information content (AvgIpc) is 2.65. The van der Waals surface area contributed by atoms with Crippen LogP contribution in [0.3, 0.4) is 0 Å². The fourth-order valence-corrected chi connectivity index (χ4v) is 2.30. The molecule has 0 bridgehead atoms. The van der Waals surface area contributed by atoms with E-state index >= 15 is 0 Å². The molecule has 0 radical (unpaired) electrons. The number of imidazole rings is 1. The van der Waals surface area contributed by atoms with Crippen LogP contribution in [0.2, 0.25) is 0 Å². The molecule has 2 aromatic rings. The first kappa shape index (κ1) is 12.0. The summed E-state index contributed by atoms with van der Waals surface area (Å²) >= 11 is 0. The van der Waals surface area contributed by atoms with Gasteiger partial charge >= 0.3 is 0 Å². The van der Waals surface area contributed by atoms with Crippen molar-refractivity contribution < 1.29 is 0 Å². The molecule has 0 fully saturated rings. The van der Waals surface area contributed by atoms with E-state index < -0.39 is 0 Å². The summed E-state index contributed by atoms with van der Waals surface area (Å²) < 4.78 is 2.16. The van der Waals surface area contributed by atoms with E-state index in [-0.39, 0.29) is 0 Å². The van der Waals surface area contributed by atoms with Gasteiger partial charge in [0.2, 0.25) is 5.95 Å². The van der Waals surface area contributed by atoms with Crippen molar-refractivity contribution in [3.63, 3.8) is 0 Å². The van der Waals surface area contributed by atoms with Crippen molar-refractivity contribution in [2.45, 2.75) is 40.2 Å². The molecule has 0 amide bonds. The average molecular weight is 231 g/mol. The minimum absolute atomic E-state index is 0.381. The lowest BCUT2D eigenvalue weighted by atomic mass is 10.0. The number of hydrogen-bond donors (Lipinski definition) is 1. The van der Waals surface area contributed by atoms with Gasteiger partial charge in [0, 0.05) is 6.04 Å². The van der Waals surface area contributed by atoms with E-state index in [1.165, 1.54) is 5.56 Å². The predicted octanol–water partition coefficient (Wildman–Crippen LogP) is 3.53. The van der Waals surface area contributed by atoms with Crippen molar-refractivity contribution in [3.05, 3.63) is 23.8 Å². The summed E-state index contributed by atoms with van der Waals surface area (Å²) in [6.07, 6.45) is 1.14. The predicted molar refractivity (Wildman–Crippen MR) is 73.0 cm³/mol. The van der Waals surface area contributed by atoms with Crippen molar-refractivity contribution in [2.24, 2.45) is 5.92 Å². The number of anilines is 1. The monoisotopic (exact) mass is 231 g/mol. The number of aromatic nitrogens is 2. The van der Waals surface area contributed by atoms with Crippen LogP contribution in [0.25, 0.3) is 11.0 Å². The highest BCUT2D eigenvalue weighted by Crippen LogP contribution is 2.29. The molecular weight excluding hydrogens is 210 g/mol. The number of aryl methyl sites for hydroxylation is 1. The van der Waals surface area contributed by atoms with E-state index in [1.54, 1.807) is 0 Å². The van der Waals surface area contributed by atoms with Crippen LogP contribution in [-0.4, -0.2) is 9.55 Å². The molecule has 0 aliphatic carbocycles. The molecule has 3 heteroatoms. The molecule has 1 heterocycles. The zero-order valence-electron chi connectivity index (χ0n) is 11.1. The largest absolute Gasteiger partial charge is 0.369 e. The summed E-state index contributed by atoms with van der Waals surface area (Å²) in [5.41, 5.74) is 9.43. The van der Waals surface area contributed by atoms with E-state index in [0.717, 1.165) is 17.5 Å². The van der Waals surface area contributed by atoms with Gasteiger partial charge in [0.15, 0.2) is 0 Å². The van der Waals surface area contributed by atoms with Crippen LogP contribution in [0.5, 0.6) is 0 Å². The lowest BCUT2D eigenvalue weighted by molar-refractivity contribution is 0.381. The lowest BCUT2D eigenvalue weighted by Crippen LogP contribution is -2.15. The highest BCUT2D eigenvalue weighted by atomic mass is 15.2. The fraction of sp³-hybridized carbons (Fsp3) is 0.500. The molecule has 2 atom stereocenters. The van der Waals surface area contributed by atoms with Crippen molar-refractivity contribution in [1.82, 2.24) is 9.55 Å². The van der Waals surface area contributed by atoms with Crippen LogP contribution in [0.4, 0.5) is 5.95 Å². The summed E-state index contributed by atoms with van der Waals surface area (Å²) in [6, 6.07) is 6.63. The molecule has 92 valence electrons. The van der Waals surface area contributed by atoms with Gasteiger partial charge in [0.25, 0.3) is 0 Å². The third-order valence-electron chi connectivity index (χ3n) is 3.82. The topological polar surface area (TPSA) is 43.8 Å². The number of para-hydroxylation sites is 1. The van der Waals surface area contributed by atoms with Crippen LogP contribution < -0.4 is 5.73 Å².